The van der Waals surface area contributed by atoms with Crippen molar-refractivity contribution in [2.45, 2.75) is 0 Å². The van der Waals surface area contributed by atoms with Gasteiger partial charge in [-0.2, -0.15) is 0 Å². The molecule has 0 amide bonds. The summed E-state index contributed by atoms with van der Waals surface area (Å²) >= 11 is 0. The molecule has 0 aromatic carbocycles. The molecule has 0 bridgehead atoms. The maximum absolute atomic E-state index is 9.26. The van der Waals surface area contributed by atoms with E-state index in [1.165, 1.54) is 6.20 Å². The third kappa shape index (κ3) is 0.887. The van der Waals surface area contributed by atoms with Crippen molar-refractivity contribution in [3.63, 3.8) is 0 Å². The molecule has 2 rings (SSSR count). The Labute approximate surface area is 68.8 Å². The molecule has 0 aliphatic rings. The monoisotopic (exact) mass is 164 g/mol. The van der Waals surface area contributed by atoms with Crippen molar-refractivity contribution in [1.29, 1.82) is 0 Å². The molecule has 62 valence electrons. The van der Waals surface area contributed by atoms with Crippen LogP contribution in [-0.4, -0.2) is 22.2 Å². The van der Waals surface area contributed by atoms with E-state index in [4.69, 9.17) is 4.74 Å². The van der Waals surface area contributed by atoms with Crippen molar-refractivity contribution in [3.8, 4) is 11.6 Å². The van der Waals surface area contributed by atoms with E-state index in [1.54, 1.807) is 19.4 Å². The van der Waals surface area contributed by atoms with Crippen LogP contribution in [-0.2, 0) is 0 Å². The SMILES string of the molecule is COc1cc2[nH]cc(O)c2cn1. The molecule has 0 saturated carbocycles. The first-order valence-corrected chi connectivity index (χ1v) is 3.51. The molecule has 0 atom stereocenters. The second-order valence-electron chi connectivity index (χ2n) is 2.45. The van der Waals surface area contributed by atoms with Crippen molar-refractivity contribution >= 4 is 10.9 Å². The molecule has 2 aromatic rings. The standard InChI is InChI=1S/C8H8N2O2/c1-12-8-2-6-5(3-10-8)7(11)4-9-6/h2-4,9,11H,1H3. The molecule has 4 heteroatoms. The van der Waals surface area contributed by atoms with Gasteiger partial charge < -0.3 is 14.8 Å². The number of hydrogen-bond donors (Lipinski definition) is 2. The minimum absolute atomic E-state index is 0.208. The maximum Gasteiger partial charge on any atom is 0.215 e. The molecule has 0 radical (unpaired) electrons. The van der Waals surface area contributed by atoms with E-state index in [9.17, 15) is 5.11 Å². The van der Waals surface area contributed by atoms with Gasteiger partial charge in [-0.15, -0.1) is 0 Å². The van der Waals surface area contributed by atoms with Crippen LogP contribution in [0, 0.1) is 0 Å². The van der Waals surface area contributed by atoms with Crippen molar-refractivity contribution < 1.29 is 9.84 Å². The predicted octanol–water partition coefficient (Wildman–Crippen LogP) is 1.28. The summed E-state index contributed by atoms with van der Waals surface area (Å²) in [6, 6.07) is 1.73. The van der Waals surface area contributed by atoms with Crippen LogP contribution in [0.1, 0.15) is 0 Å². The van der Waals surface area contributed by atoms with Crippen LogP contribution >= 0.6 is 0 Å². The van der Waals surface area contributed by atoms with Crippen LogP contribution in [0.5, 0.6) is 11.6 Å². The first-order chi connectivity index (χ1) is 5.81. The van der Waals surface area contributed by atoms with Crippen molar-refractivity contribution in [1.82, 2.24) is 9.97 Å². The smallest absolute Gasteiger partial charge is 0.215 e. The molecule has 2 heterocycles. The Kier molecular flexibility index (Phi) is 1.40. The summed E-state index contributed by atoms with van der Waals surface area (Å²) in [4.78, 5) is 6.85. The number of nitrogens with zero attached hydrogens (tertiary/aromatic N) is 1. The van der Waals surface area contributed by atoms with Gasteiger partial charge in [-0.25, -0.2) is 4.98 Å². The first kappa shape index (κ1) is 6.97. The summed E-state index contributed by atoms with van der Waals surface area (Å²) in [6.45, 7) is 0. The van der Waals surface area contributed by atoms with Gasteiger partial charge in [0.15, 0.2) is 0 Å². The molecule has 0 saturated heterocycles. The molecular formula is C8H8N2O2. The normalized spacial score (nSPS) is 10.4. The topological polar surface area (TPSA) is 58.1 Å². The lowest BCUT2D eigenvalue weighted by Gasteiger charge is -1.96. The molecular weight excluding hydrogens is 156 g/mol. The lowest BCUT2D eigenvalue weighted by atomic mass is 10.3. The Morgan fingerprint density at radius 3 is 3.17 bits per heavy atom. The quantitative estimate of drug-likeness (QED) is 0.667. The van der Waals surface area contributed by atoms with Crippen LogP contribution in [0.4, 0.5) is 0 Å². The summed E-state index contributed by atoms with van der Waals surface area (Å²) in [5.41, 5.74) is 0.819. The highest BCUT2D eigenvalue weighted by atomic mass is 16.5. The number of rotatable bonds is 1. The van der Waals surface area contributed by atoms with Crippen LogP contribution in [0.25, 0.3) is 10.9 Å². The number of hydrogen-bond acceptors (Lipinski definition) is 3. The van der Waals surface area contributed by atoms with Crippen LogP contribution in [0.3, 0.4) is 0 Å². The van der Waals surface area contributed by atoms with Gasteiger partial charge >= 0.3 is 0 Å². The van der Waals surface area contributed by atoms with Gasteiger partial charge in [-0.3, -0.25) is 0 Å². The van der Waals surface area contributed by atoms with E-state index in [2.05, 4.69) is 9.97 Å². The number of nitrogens with one attached hydrogen (secondary N) is 1. The Morgan fingerprint density at radius 1 is 1.58 bits per heavy atom. The number of H-pyrrole nitrogens is 1. The summed E-state index contributed by atoms with van der Waals surface area (Å²) in [6.07, 6.45) is 3.09. The first-order valence-electron chi connectivity index (χ1n) is 3.51. The molecule has 12 heavy (non-hydrogen) atoms. The van der Waals surface area contributed by atoms with E-state index in [0.29, 0.717) is 11.3 Å². The number of aromatic nitrogens is 2. The fourth-order valence-electron chi connectivity index (χ4n) is 1.10. The number of aromatic amines is 1. The van der Waals surface area contributed by atoms with Gasteiger partial charge in [0.1, 0.15) is 5.75 Å². The Morgan fingerprint density at radius 2 is 2.42 bits per heavy atom. The zero-order valence-corrected chi connectivity index (χ0v) is 6.53. The van der Waals surface area contributed by atoms with Crippen LogP contribution in [0.15, 0.2) is 18.5 Å². The number of methoxy groups -OCH3 is 1. The second-order valence-corrected chi connectivity index (χ2v) is 2.45. The van der Waals surface area contributed by atoms with E-state index in [-0.39, 0.29) is 5.75 Å². The van der Waals surface area contributed by atoms with Gasteiger partial charge in [0.25, 0.3) is 0 Å². The van der Waals surface area contributed by atoms with Crippen LogP contribution < -0.4 is 4.74 Å². The van der Waals surface area contributed by atoms with E-state index in [0.717, 1.165) is 5.52 Å². The Balaban J connectivity index is 2.69. The van der Waals surface area contributed by atoms with Crippen molar-refractivity contribution in [3.05, 3.63) is 18.5 Å². The zero-order chi connectivity index (χ0) is 8.55. The average Bonchev–Trinajstić information content (AvgIpc) is 2.47. The summed E-state index contributed by atoms with van der Waals surface area (Å²) in [5.74, 6) is 0.740. The second kappa shape index (κ2) is 2.41. The lowest BCUT2D eigenvalue weighted by Crippen LogP contribution is -1.85. The average molecular weight is 164 g/mol. The lowest BCUT2D eigenvalue weighted by molar-refractivity contribution is 0.398. The Hall–Kier alpha value is -1.71. The summed E-state index contributed by atoms with van der Waals surface area (Å²) in [7, 11) is 1.55. The fraction of sp³-hybridized carbons (Fsp3) is 0.125. The highest BCUT2D eigenvalue weighted by Crippen LogP contribution is 2.24. The predicted molar refractivity (Wildman–Crippen MR) is 44.3 cm³/mol. The maximum atomic E-state index is 9.26. The van der Waals surface area contributed by atoms with Gasteiger partial charge in [-0.05, 0) is 0 Å². The van der Waals surface area contributed by atoms with E-state index >= 15 is 0 Å². The van der Waals surface area contributed by atoms with Crippen LogP contribution in [0.2, 0.25) is 0 Å². The molecule has 0 spiro atoms. The number of fused-ring (bicyclic) bond motifs is 1. The summed E-state index contributed by atoms with van der Waals surface area (Å²) in [5, 5.41) is 9.97. The molecule has 0 aliphatic carbocycles. The van der Waals surface area contributed by atoms with Gasteiger partial charge in [0, 0.05) is 18.5 Å². The number of pyridine rings is 1. The minimum Gasteiger partial charge on any atom is -0.506 e. The molecule has 0 unspecified atom stereocenters. The third-order valence-electron chi connectivity index (χ3n) is 1.73. The number of aromatic hydroxyl groups is 1. The fourth-order valence-corrected chi connectivity index (χ4v) is 1.10. The third-order valence-corrected chi connectivity index (χ3v) is 1.73. The van der Waals surface area contributed by atoms with Crippen molar-refractivity contribution in [2.75, 3.05) is 7.11 Å². The molecule has 0 aliphatic heterocycles. The molecule has 4 nitrogen and oxygen atoms in total. The van der Waals surface area contributed by atoms with E-state index in [1.807, 2.05) is 0 Å². The van der Waals surface area contributed by atoms with E-state index < -0.39 is 0 Å². The van der Waals surface area contributed by atoms with Gasteiger partial charge in [0.2, 0.25) is 5.88 Å². The van der Waals surface area contributed by atoms with Gasteiger partial charge in [0.05, 0.1) is 18.0 Å². The molecule has 2 aromatic heterocycles. The highest BCUT2D eigenvalue weighted by Gasteiger charge is 2.02. The highest BCUT2D eigenvalue weighted by molar-refractivity contribution is 5.85. The zero-order valence-electron chi connectivity index (χ0n) is 6.53. The Bertz CT molecular complexity index is 408. The number of ether oxygens (including phenoxy) is 1. The largest absolute Gasteiger partial charge is 0.506 e. The minimum atomic E-state index is 0.208. The summed E-state index contributed by atoms with van der Waals surface area (Å²) < 4.78 is 4.92. The van der Waals surface area contributed by atoms with Gasteiger partial charge in [-0.1, -0.05) is 0 Å². The molecule has 0 fully saturated rings. The van der Waals surface area contributed by atoms with Crippen molar-refractivity contribution in [2.24, 2.45) is 0 Å². The molecule has 2 N–H and O–H groups in total.